The lowest BCUT2D eigenvalue weighted by molar-refractivity contribution is 0.449. The molecule has 0 saturated carbocycles. The average molecular weight is 270 g/mol. The van der Waals surface area contributed by atoms with E-state index in [0.29, 0.717) is 11.8 Å². The van der Waals surface area contributed by atoms with Gasteiger partial charge in [0.25, 0.3) is 0 Å². The van der Waals surface area contributed by atoms with E-state index in [4.69, 9.17) is 0 Å². The maximum absolute atomic E-state index is 4.39. The summed E-state index contributed by atoms with van der Waals surface area (Å²) in [6, 6.07) is 0. The van der Waals surface area contributed by atoms with E-state index in [1.807, 2.05) is 6.20 Å². The van der Waals surface area contributed by atoms with Gasteiger partial charge in [-0.3, -0.25) is 4.99 Å². The van der Waals surface area contributed by atoms with Gasteiger partial charge in [-0.15, -0.1) is 0 Å². The summed E-state index contributed by atoms with van der Waals surface area (Å²) in [5.41, 5.74) is 4.01. The van der Waals surface area contributed by atoms with E-state index in [-0.39, 0.29) is 0 Å². The third kappa shape index (κ3) is 3.72. The van der Waals surface area contributed by atoms with Gasteiger partial charge in [0, 0.05) is 43.5 Å². The number of hydrogen-bond donors (Lipinski definition) is 0. The van der Waals surface area contributed by atoms with Crippen molar-refractivity contribution in [2.24, 2.45) is 16.8 Å². The molecule has 0 radical (unpaired) electrons. The third-order valence-electron chi connectivity index (χ3n) is 4.03. The van der Waals surface area contributed by atoms with E-state index in [0.717, 1.165) is 18.6 Å². The summed E-state index contributed by atoms with van der Waals surface area (Å²) >= 11 is 0. The second-order valence-corrected chi connectivity index (χ2v) is 5.97. The molecule has 2 unspecified atom stereocenters. The molecule has 2 atom stereocenters. The van der Waals surface area contributed by atoms with E-state index < -0.39 is 0 Å². The molecular formula is C18H26N2. The van der Waals surface area contributed by atoms with E-state index in [2.05, 4.69) is 68.2 Å². The lowest BCUT2D eigenvalue weighted by Gasteiger charge is -2.27. The fraction of sp³-hybridized carbons (Fsp3) is 0.500. The summed E-state index contributed by atoms with van der Waals surface area (Å²) < 4.78 is 0. The molecule has 0 aromatic rings. The SMILES string of the molecule is CC1=NC=CCC(C2/C=C(/N(C)C)C(C)/C=C/CC2)=C1. The van der Waals surface area contributed by atoms with Crippen LogP contribution in [0.5, 0.6) is 0 Å². The molecule has 1 aliphatic carbocycles. The number of allylic oxidation sites excluding steroid dienone is 6. The van der Waals surface area contributed by atoms with Crippen molar-refractivity contribution in [1.29, 1.82) is 0 Å². The van der Waals surface area contributed by atoms with Crippen LogP contribution in [0.3, 0.4) is 0 Å². The van der Waals surface area contributed by atoms with Crippen molar-refractivity contribution in [3.05, 3.63) is 47.9 Å². The summed E-state index contributed by atoms with van der Waals surface area (Å²) in [7, 11) is 4.28. The lowest BCUT2D eigenvalue weighted by Crippen LogP contribution is -2.19. The van der Waals surface area contributed by atoms with Gasteiger partial charge in [0.15, 0.2) is 0 Å². The molecule has 1 heterocycles. The molecule has 0 amide bonds. The lowest BCUT2D eigenvalue weighted by atomic mass is 9.86. The van der Waals surface area contributed by atoms with Gasteiger partial charge in [0.2, 0.25) is 0 Å². The van der Waals surface area contributed by atoms with E-state index in [9.17, 15) is 0 Å². The Balaban J connectivity index is 2.32. The van der Waals surface area contributed by atoms with Crippen molar-refractivity contribution in [3.8, 4) is 0 Å². The van der Waals surface area contributed by atoms with Crippen molar-refractivity contribution in [2.45, 2.75) is 33.1 Å². The summed E-state index contributed by atoms with van der Waals surface area (Å²) in [5, 5.41) is 0. The van der Waals surface area contributed by atoms with Crippen LogP contribution in [0, 0.1) is 11.8 Å². The Morgan fingerprint density at radius 3 is 2.80 bits per heavy atom. The van der Waals surface area contributed by atoms with Crippen molar-refractivity contribution in [1.82, 2.24) is 4.90 Å². The Morgan fingerprint density at radius 1 is 1.25 bits per heavy atom. The molecule has 1 aliphatic heterocycles. The van der Waals surface area contributed by atoms with Crippen LogP contribution in [-0.4, -0.2) is 24.7 Å². The molecule has 0 aromatic carbocycles. The maximum atomic E-state index is 4.39. The molecule has 0 saturated heterocycles. The standard InChI is InChI=1S/C18H26N2/c1-14-8-5-6-9-17(13-18(14)20(3)4)16-10-7-11-19-15(2)12-16/h5,7-8,11-14,17H,6,9-10H2,1-4H3/b8-5+,18-13+. The van der Waals surface area contributed by atoms with Gasteiger partial charge in [0.05, 0.1) is 0 Å². The second-order valence-electron chi connectivity index (χ2n) is 5.97. The third-order valence-corrected chi connectivity index (χ3v) is 4.03. The zero-order valence-corrected chi connectivity index (χ0v) is 13.1. The minimum atomic E-state index is 0.490. The van der Waals surface area contributed by atoms with Crippen molar-refractivity contribution in [2.75, 3.05) is 14.1 Å². The molecule has 0 fully saturated rings. The van der Waals surface area contributed by atoms with Crippen LogP contribution in [0.25, 0.3) is 0 Å². The fourth-order valence-electron chi connectivity index (χ4n) is 2.95. The Bertz CT molecular complexity index is 490. The molecular weight excluding hydrogens is 244 g/mol. The Hall–Kier alpha value is -1.57. The van der Waals surface area contributed by atoms with Crippen molar-refractivity contribution in [3.63, 3.8) is 0 Å². The van der Waals surface area contributed by atoms with Crippen LogP contribution >= 0.6 is 0 Å². The van der Waals surface area contributed by atoms with Gasteiger partial charge in [-0.05, 0) is 32.3 Å². The minimum absolute atomic E-state index is 0.490. The molecule has 20 heavy (non-hydrogen) atoms. The Morgan fingerprint density at radius 2 is 2.05 bits per heavy atom. The van der Waals surface area contributed by atoms with Gasteiger partial charge in [-0.1, -0.05) is 36.8 Å². The predicted octanol–water partition coefficient (Wildman–Crippen LogP) is 4.34. The van der Waals surface area contributed by atoms with E-state index in [1.54, 1.807) is 0 Å². The molecule has 0 bridgehead atoms. The van der Waals surface area contributed by atoms with Gasteiger partial charge in [-0.25, -0.2) is 0 Å². The smallest absolute Gasteiger partial charge is 0.0372 e. The molecule has 2 heteroatoms. The summed E-state index contributed by atoms with van der Waals surface area (Å²) in [5.74, 6) is 1.01. The topological polar surface area (TPSA) is 15.6 Å². The number of rotatable bonds is 2. The Kier molecular flexibility index (Phi) is 4.99. The number of hydrogen-bond acceptors (Lipinski definition) is 2. The van der Waals surface area contributed by atoms with Crippen molar-refractivity contribution >= 4 is 5.71 Å². The predicted molar refractivity (Wildman–Crippen MR) is 87.7 cm³/mol. The zero-order valence-electron chi connectivity index (χ0n) is 13.1. The highest BCUT2D eigenvalue weighted by molar-refractivity contribution is 5.94. The first-order valence-corrected chi connectivity index (χ1v) is 7.53. The molecule has 0 aromatic heterocycles. The van der Waals surface area contributed by atoms with Crippen LogP contribution in [0.2, 0.25) is 0 Å². The molecule has 0 spiro atoms. The van der Waals surface area contributed by atoms with Crippen molar-refractivity contribution < 1.29 is 0 Å². The first-order valence-electron chi connectivity index (χ1n) is 7.53. The average Bonchev–Trinajstić information content (AvgIpc) is 2.59. The fourth-order valence-corrected chi connectivity index (χ4v) is 2.95. The maximum Gasteiger partial charge on any atom is 0.0372 e. The monoisotopic (exact) mass is 270 g/mol. The second kappa shape index (κ2) is 6.74. The number of aliphatic imine (C=N–C) groups is 1. The number of nitrogens with zero attached hydrogens (tertiary/aromatic N) is 2. The first-order chi connectivity index (χ1) is 9.58. The largest absolute Gasteiger partial charge is 0.381 e. The normalized spacial score (nSPS) is 31.1. The summed E-state index contributed by atoms with van der Waals surface area (Å²) in [4.78, 5) is 6.65. The Labute approximate surface area is 123 Å². The molecule has 0 N–H and O–H groups in total. The minimum Gasteiger partial charge on any atom is -0.381 e. The van der Waals surface area contributed by atoms with Gasteiger partial charge in [-0.2, -0.15) is 0 Å². The van der Waals surface area contributed by atoms with Crippen LogP contribution in [0.1, 0.15) is 33.1 Å². The summed E-state index contributed by atoms with van der Waals surface area (Å²) in [6.45, 7) is 4.36. The highest BCUT2D eigenvalue weighted by Gasteiger charge is 2.18. The molecule has 2 rings (SSSR count). The highest BCUT2D eigenvalue weighted by Crippen LogP contribution is 2.29. The van der Waals surface area contributed by atoms with Gasteiger partial charge < -0.3 is 4.90 Å². The zero-order chi connectivity index (χ0) is 14.5. The molecule has 108 valence electrons. The van der Waals surface area contributed by atoms with Gasteiger partial charge in [0.1, 0.15) is 0 Å². The van der Waals surface area contributed by atoms with E-state index >= 15 is 0 Å². The first kappa shape index (κ1) is 14.8. The molecule has 2 aliphatic rings. The quantitative estimate of drug-likeness (QED) is 0.682. The highest BCUT2D eigenvalue weighted by atomic mass is 15.1. The van der Waals surface area contributed by atoms with Gasteiger partial charge >= 0.3 is 0 Å². The summed E-state index contributed by atoms with van der Waals surface area (Å²) in [6.07, 6.45) is 16.9. The van der Waals surface area contributed by atoms with Crippen LogP contribution in [0.4, 0.5) is 0 Å². The van der Waals surface area contributed by atoms with E-state index in [1.165, 1.54) is 17.7 Å². The van der Waals surface area contributed by atoms with Crippen LogP contribution in [0.15, 0.2) is 52.8 Å². The molecule has 2 nitrogen and oxygen atoms in total. The van der Waals surface area contributed by atoms with Crippen LogP contribution < -0.4 is 0 Å². The van der Waals surface area contributed by atoms with Crippen LogP contribution in [-0.2, 0) is 0 Å².